The van der Waals surface area contributed by atoms with Gasteiger partial charge in [0.1, 0.15) is 0 Å². The van der Waals surface area contributed by atoms with E-state index in [4.69, 9.17) is 16.6 Å². The molecule has 1 aliphatic rings. The van der Waals surface area contributed by atoms with Gasteiger partial charge in [-0.15, -0.1) is 0 Å². The fourth-order valence-corrected chi connectivity index (χ4v) is 3.41. The third kappa shape index (κ3) is 4.03. The number of nitrogens with zero attached hydrogens (tertiary/aromatic N) is 2. The Labute approximate surface area is 158 Å². The summed E-state index contributed by atoms with van der Waals surface area (Å²) in [5, 5.41) is 7.68. The number of nitrogens with one attached hydrogen (secondary N) is 2. The van der Waals surface area contributed by atoms with Gasteiger partial charge in [0.25, 0.3) is 0 Å². The Hall–Kier alpha value is -2.43. The summed E-state index contributed by atoms with van der Waals surface area (Å²) in [4.78, 5) is 9.39. The van der Waals surface area contributed by atoms with Crippen LogP contribution in [-0.4, -0.2) is 23.1 Å². The first kappa shape index (κ1) is 17.0. The fourth-order valence-electron chi connectivity index (χ4n) is 3.28. The van der Waals surface area contributed by atoms with Crippen molar-refractivity contribution in [3.8, 4) is 11.4 Å². The lowest BCUT2D eigenvalue weighted by atomic mass is 9.95. The van der Waals surface area contributed by atoms with Crippen molar-refractivity contribution in [2.24, 2.45) is 0 Å². The third-order valence-electron chi connectivity index (χ3n) is 4.62. The number of rotatable bonds is 4. The van der Waals surface area contributed by atoms with Crippen molar-refractivity contribution in [3.05, 3.63) is 71.5 Å². The van der Waals surface area contributed by atoms with Crippen LogP contribution in [-0.2, 0) is 0 Å². The molecule has 3 heterocycles. The molecule has 1 saturated heterocycles. The van der Waals surface area contributed by atoms with Crippen molar-refractivity contribution in [1.29, 1.82) is 0 Å². The van der Waals surface area contributed by atoms with Crippen molar-refractivity contribution in [2.75, 3.05) is 18.4 Å². The Morgan fingerprint density at radius 2 is 1.88 bits per heavy atom. The Morgan fingerprint density at radius 1 is 1.00 bits per heavy atom. The molecule has 0 bridgehead atoms. The van der Waals surface area contributed by atoms with Gasteiger partial charge in [0, 0.05) is 40.8 Å². The number of pyridine rings is 2. The van der Waals surface area contributed by atoms with Crippen LogP contribution in [0.1, 0.15) is 24.5 Å². The summed E-state index contributed by atoms with van der Waals surface area (Å²) in [6.45, 7) is 2.06. The smallest absolute Gasteiger partial charge is 0.0910 e. The van der Waals surface area contributed by atoms with Crippen LogP contribution >= 0.6 is 11.6 Å². The van der Waals surface area contributed by atoms with Crippen LogP contribution < -0.4 is 10.6 Å². The van der Waals surface area contributed by atoms with Crippen molar-refractivity contribution in [2.45, 2.75) is 18.8 Å². The molecule has 132 valence electrons. The SMILES string of the molecule is Clc1ccc(Nc2cc(-c3ccccn3)nc(C3CCCNC3)c2)cc1. The van der Waals surface area contributed by atoms with Crippen molar-refractivity contribution in [3.63, 3.8) is 0 Å². The average molecular weight is 365 g/mol. The second kappa shape index (κ2) is 7.85. The Kier molecular flexibility index (Phi) is 5.14. The summed E-state index contributed by atoms with van der Waals surface area (Å²) < 4.78 is 0. The predicted molar refractivity (Wildman–Crippen MR) is 107 cm³/mol. The van der Waals surface area contributed by atoms with Crippen LogP contribution in [0.4, 0.5) is 11.4 Å². The van der Waals surface area contributed by atoms with Gasteiger partial charge in [-0.2, -0.15) is 0 Å². The van der Waals surface area contributed by atoms with Gasteiger partial charge < -0.3 is 10.6 Å². The van der Waals surface area contributed by atoms with Crippen LogP contribution in [0.15, 0.2) is 60.8 Å². The lowest BCUT2D eigenvalue weighted by Gasteiger charge is -2.23. The summed E-state index contributed by atoms with van der Waals surface area (Å²) in [6.07, 6.45) is 4.14. The minimum absolute atomic E-state index is 0.429. The molecule has 1 atom stereocenters. The molecular weight excluding hydrogens is 344 g/mol. The molecule has 0 saturated carbocycles. The number of benzene rings is 1. The predicted octanol–water partition coefficient (Wildman–Crippen LogP) is 5.01. The van der Waals surface area contributed by atoms with Crippen LogP contribution in [0.25, 0.3) is 11.4 Å². The monoisotopic (exact) mass is 364 g/mol. The first-order chi connectivity index (χ1) is 12.8. The van der Waals surface area contributed by atoms with E-state index in [9.17, 15) is 0 Å². The normalized spacial score (nSPS) is 17.0. The second-order valence-electron chi connectivity index (χ2n) is 6.56. The van der Waals surface area contributed by atoms with Crippen LogP contribution in [0.2, 0.25) is 5.02 Å². The van der Waals surface area contributed by atoms with Gasteiger partial charge in [0.05, 0.1) is 11.4 Å². The zero-order chi connectivity index (χ0) is 17.8. The Bertz CT molecular complexity index is 859. The minimum atomic E-state index is 0.429. The molecule has 0 radical (unpaired) electrons. The van der Waals surface area contributed by atoms with E-state index in [0.717, 1.165) is 53.0 Å². The molecule has 0 amide bonds. The average Bonchev–Trinajstić information content (AvgIpc) is 2.71. The van der Waals surface area contributed by atoms with Gasteiger partial charge in [-0.3, -0.25) is 9.97 Å². The third-order valence-corrected chi connectivity index (χ3v) is 4.87. The minimum Gasteiger partial charge on any atom is -0.355 e. The van der Waals surface area contributed by atoms with Gasteiger partial charge >= 0.3 is 0 Å². The van der Waals surface area contributed by atoms with Crippen LogP contribution in [0.5, 0.6) is 0 Å². The molecule has 1 aliphatic heterocycles. The lowest BCUT2D eigenvalue weighted by molar-refractivity contribution is 0.455. The summed E-state index contributed by atoms with van der Waals surface area (Å²) >= 11 is 5.99. The highest BCUT2D eigenvalue weighted by Gasteiger charge is 2.18. The molecule has 26 heavy (non-hydrogen) atoms. The molecule has 4 rings (SSSR count). The molecule has 1 aromatic carbocycles. The number of hydrogen-bond acceptors (Lipinski definition) is 4. The maximum absolute atomic E-state index is 5.99. The van der Waals surface area contributed by atoms with Crippen LogP contribution in [0, 0.1) is 0 Å². The van der Waals surface area contributed by atoms with E-state index in [-0.39, 0.29) is 0 Å². The highest BCUT2D eigenvalue weighted by atomic mass is 35.5. The second-order valence-corrected chi connectivity index (χ2v) is 6.99. The van der Waals surface area contributed by atoms with Crippen molar-refractivity contribution in [1.82, 2.24) is 15.3 Å². The quantitative estimate of drug-likeness (QED) is 0.683. The van der Waals surface area contributed by atoms with Crippen LogP contribution in [0.3, 0.4) is 0 Å². The van der Waals surface area contributed by atoms with Crippen molar-refractivity contribution >= 4 is 23.0 Å². The zero-order valence-electron chi connectivity index (χ0n) is 14.5. The first-order valence-corrected chi connectivity index (χ1v) is 9.32. The fraction of sp³-hybridized carbons (Fsp3) is 0.238. The van der Waals surface area contributed by atoms with E-state index in [1.807, 2.05) is 42.5 Å². The van der Waals surface area contributed by atoms with Gasteiger partial charge in [-0.1, -0.05) is 17.7 Å². The summed E-state index contributed by atoms with van der Waals surface area (Å²) in [6, 6.07) is 17.8. The highest BCUT2D eigenvalue weighted by molar-refractivity contribution is 6.30. The molecule has 1 unspecified atom stereocenters. The molecular formula is C21H21ClN4. The molecule has 2 aromatic heterocycles. The zero-order valence-corrected chi connectivity index (χ0v) is 15.2. The number of anilines is 2. The number of piperidine rings is 1. The summed E-state index contributed by atoms with van der Waals surface area (Å²) in [7, 11) is 0. The van der Waals surface area contributed by atoms with Gasteiger partial charge in [0.15, 0.2) is 0 Å². The van der Waals surface area contributed by atoms with E-state index >= 15 is 0 Å². The maximum Gasteiger partial charge on any atom is 0.0910 e. The highest BCUT2D eigenvalue weighted by Crippen LogP contribution is 2.29. The van der Waals surface area contributed by atoms with Gasteiger partial charge in [-0.25, -0.2) is 0 Å². The molecule has 5 heteroatoms. The lowest BCUT2D eigenvalue weighted by Crippen LogP contribution is -2.28. The standard InChI is InChI=1S/C21H21ClN4/c22-16-6-8-17(9-7-16)25-18-12-20(15-4-3-10-23-14-15)26-21(13-18)19-5-1-2-11-24-19/h1-2,5-9,11-13,15,23H,3-4,10,14H2,(H,25,26). The summed E-state index contributed by atoms with van der Waals surface area (Å²) in [5.74, 6) is 0.429. The van der Waals surface area contributed by atoms with E-state index < -0.39 is 0 Å². The van der Waals surface area contributed by atoms with E-state index in [2.05, 4.69) is 27.8 Å². The molecule has 2 N–H and O–H groups in total. The van der Waals surface area contributed by atoms with E-state index in [0.29, 0.717) is 5.92 Å². The molecule has 0 spiro atoms. The summed E-state index contributed by atoms with van der Waals surface area (Å²) in [5.41, 5.74) is 4.91. The number of aromatic nitrogens is 2. The first-order valence-electron chi connectivity index (χ1n) is 8.95. The molecule has 0 aliphatic carbocycles. The van der Waals surface area contributed by atoms with Crippen molar-refractivity contribution < 1.29 is 0 Å². The molecule has 4 nitrogen and oxygen atoms in total. The molecule has 3 aromatic rings. The number of hydrogen-bond donors (Lipinski definition) is 2. The van der Waals surface area contributed by atoms with Gasteiger partial charge in [0.2, 0.25) is 0 Å². The largest absolute Gasteiger partial charge is 0.355 e. The Morgan fingerprint density at radius 3 is 2.62 bits per heavy atom. The number of halogens is 1. The van der Waals surface area contributed by atoms with E-state index in [1.165, 1.54) is 6.42 Å². The maximum atomic E-state index is 5.99. The van der Waals surface area contributed by atoms with Gasteiger partial charge in [-0.05, 0) is 67.9 Å². The van der Waals surface area contributed by atoms with E-state index in [1.54, 1.807) is 6.20 Å². The molecule has 1 fully saturated rings. The Balaban J connectivity index is 1.70. The topological polar surface area (TPSA) is 49.8 Å².